The average Bonchev–Trinajstić information content (AvgIpc) is 2.95. The molecule has 3 aromatic rings. The van der Waals surface area contributed by atoms with Crippen LogP contribution in [0.5, 0.6) is 5.75 Å². The van der Waals surface area contributed by atoms with E-state index in [4.69, 9.17) is 16.3 Å². The van der Waals surface area contributed by atoms with E-state index in [0.717, 1.165) is 18.2 Å². The molecular weight excluding hydrogens is 645 g/mol. The van der Waals surface area contributed by atoms with Gasteiger partial charge in [0.2, 0.25) is 0 Å². The molecule has 1 unspecified atom stereocenters. The van der Waals surface area contributed by atoms with Gasteiger partial charge in [-0.25, -0.2) is 4.79 Å². The number of halogens is 6. The van der Waals surface area contributed by atoms with Gasteiger partial charge in [-0.1, -0.05) is 48.9 Å². The van der Waals surface area contributed by atoms with Crippen LogP contribution in [0, 0.1) is 0 Å². The topological polar surface area (TPSA) is 75.6 Å². The summed E-state index contributed by atoms with van der Waals surface area (Å²) in [5, 5.41) is 12.4. The third-order valence-electron chi connectivity index (χ3n) is 5.84. The zero-order chi connectivity index (χ0) is 29.0. The summed E-state index contributed by atoms with van der Waals surface area (Å²) in [7, 11) is 0. The third-order valence-corrected chi connectivity index (χ3v) is 9.47. The minimum Gasteiger partial charge on any atom is -0.480 e. The fraction of sp³-hybridized carbons (Fsp3) is 0.217. The number of carboxylic acids is 1. The fourth-order valence-electron chi connectivity index (χ4n) is 3.51. The van der Waals surface area contributed by atoms with Crippen molar-refractivity contribution in [1.82, 2.24) is 5.32 Å². The lowest BCUT2D eigenvalue weighted by molar-refractivity contribution is -0.143. The maximum absolute atomic E-state index is 14.7. The van der Waals surface area contributed by atoms with Gasteiger partial charge in [-0.15, -0.1) is 0 Å². The van der Waals surface area contributed by atoms with Gasteiger partial charge in [-0.3, -0.25) is 4.79 Å². The van der Waals surface area contributed by atoms with Crippen LogP contribution in [-0.2, 0) is 9.06 Å². The maximum atomic E-state index is 14.7. The number of nitrogens with one attached hydrogen (secondary N) is 1. The number of carboxylic acid groups (broad SMARTS) is 1. The van der Waals surface area contributed by atoms with Crippen molar-refractivity contribution in [2.45, 2.75) is 44.8 Å². The molecule has 0 aromatic heterocycles. The van der Waals surface area contributed by atoms with Crippen molar-refractivity contribution < 1.29 is 38.9 Å². The monoisotopic (exact) mass is 661 g/mol. The van der Waals surface area contributed by atoms with Crippen LogP contribution < -0.4 is 10.1 Å². The van der Waals surface area contributed by atoms with E-state index in [1.807, 2.05) is 0 Å². The molecule has 16 heteroatoms. The minimum absolute atomic E-state index is 0.0180. The summed E-state index contributed by atoms with van der Waals surface area (Å²) in [6, 6.07) is 9.23. The Morgan fingerprint density at radius 3 is 2.10 bits per heavy atom. The summed E-state index contributed by atoms with van der Waals surface area (Å²) in [5.74, 6) is -2.75. The van der Waals surface area contributed by atoms with Gasteiger partial charge >= 0.3 is 5.97 Å². The van der Waals surface area contributed by atoms with Crippen molar-refractivity contribution in [3.05, 3.63) is 58.6 Å². The lowest BCUT2D eigenvalue weighted by atomic mass is 9.97. The van der Waals surface area contributed by atoms with E-state index in [1.54, 1.807) is 12.1 Å². The summed E-state index contributed by atoms with van der Waals surface area (Å²) < 4.78 is 73.5. The highest BCUT2D eigenvalue weighted by molar-refractivity contribution is 8.12. The molecule has 0 heterocycles. The summed E-state index contributed by atoms with van der Waals surface area (Å²) in [6.07, 6.45) is -0.0180. The number of hydrogen-bond acceptors (Lipinski definition) is 8. The Balaban J connectivity index is 2.31. The summed E-state index contributed by atoms with van der Waals surface area (Å²) in [5.41, 5.74) is -2.64. The number of amides is 1. The Bertz CT molecular complexity index is 1400. The Labute approximate surface area is 247 Å². The molecule has 0 radical (unpaired) electrons. The summed E-state index contributed by atoms with van der Waals surface area (Å²) in [6.45, 7) is 2.79. The number of aliphatic carboxylic acids is 1. The zero-order valence-corrected chi connectivity index (χ0v) is 24.6. The Morgan fingerprint density at radius 2 is 1.59 bits per heavy atom. The predicted octanol–water partition coefficient (Wildman–Crippen LogP) is 9.83. The Morgan fingerprint density at radius 1 is 0.974 bits per heavy atom. The van der Waals surface area contributed by atoms with E-state index in [0.29, 0.717) is 5.39 Å². The molecule has 210 valence electrons. The predicted molar refractivity (Wildman–Crippen MR) is 150 cm³/mol. The van der Waals surface area contributed by atoms with Gasteiger partial charge in [-0.2, -0.15) is 19.4 Å². The molecule has 0 saturated carbocycles. The van der Waals surface area contributed by atoms with Crippen LogP contribution >= 0.6 is 72.3 Å². The second-order valence-electron chi connectivity index (χ2n) is 8.04. The molecule has 39 heavy (non-hydrogen) atoms. The second-order valence-corrected chi connectivity index (χ2v) is 11.9. The van der Waals surface area contributed by atoms with Crippen LogP contribution in [0.25, 0.3) is 10.8 Å². The van der Waals surface area contributed by atoms with Crippen LogP contribution in [0.1, 0.15) is 36.2 Å². The quantitative estimate of drug-likeness (QED) is 0.146. The van der Waals surface area contributed by atoms with Gasteiger partial charge in [0.15, 0.2) is 0 Å². The summed E-state index contributed by atoms with van der Waals surface area (Å²) >= 11 is 3.45. The first-order valence-electron chi connectivity index (χ1n) is 10.6. The van der Waals surface area contributed by atoms with Crippen molar-refractivity contribution in [3.8, 4) is 5.75 Å². The molecule has 0 bridgehead atoms. The second kappa shape index (κ2) is 13.3. The zero-order valence-electron chi connectivity index (χ0n) is 19.7. The molecular formula is C23H17ClF5NO4S5. The van der Waals surface area contributed by atoms with Gasteiger partial charge in [-0.05, 0) is 25.5 Å². The maximum Gasteiger partial charge on any atom is 0.329 e. The highest BCUT2D eigenvalue weighted by Crippen LogP contribution is 2.56. The Hall–Kier alpha value is -1.65. The van der Waals surface area contributed by atoms with Crippen LogP contribution in [0.15, 0.2) is 57.2 Å². The van der Waals surface area contributed by atoms with Crippen molar-refractivity contribution in [2.75, 3.05) is 0 Å². The van der Waals surface area contributed by atoms with E-state index in [9.17, 15) is 34.1 Å². The first-order valence-corrected chi connectivity index (χ1v) is 14.6. The molecule has 0 saturated heterocycles. The van der Waals surface area contributed by atoms with Crippen molar-refractivity contribution in [1.29, 1.82) is 0 Å². The van der Waals surface area contributed by atoms with Gasteiger partial charge in [0, 0.05) is 21.4 Å². The highest BCUT2D eigenvalue weighted by Gasteiger charge is 2.45. The standard InChI is InChI=1S/C23H17ClF5NO4S5/c1-3-22(2,21(32)33)30-20(31)13-10-15(24)11-6-4-5-7-12(11)17(13)34-23(38-28,39-29)14-8-9-16(35-25)19(37-27)18(14)36-26/h4-10H,3H2,1-2H3,(H,30,31)(H,32,33). The SMILES string of the molecule is CCC(C)(NC(=O)c1cc(Cl)c2ccccc2c1OC(SF)(SF)c1ccc(SF)c(SF)c1SF)C(=O)O. The number of fused-ring (bicyclic) bond motifs is 1. The van der Waals surface area contributed by atoms with Crippen LogP contribution in [0.3, 0.4) is 0 Å². The lowest BCUT2D eigenvalue weighted by Gasteiger charge is -2.30. The molecule has 0 aliphatic rings. The number of carbonyl (C=O) groups excluding carboxylic acids is 1. The minimum atomic E-state index is -2.77. The number of ether oxygens (including phenoxy) is 1. The molecule has 3 rings (SSSR count). The van der Waals surface area contributed by atoms with Gasteiger partial charge < -0.3 is 15.2 Å². The lowest BCUT2D eigenvalue weighted by Crippen LogP contribution is -2.51. The van der Waals surface area contributed by atoms with Crippen LogP contribution in [0.4, 0.5) is 19.4 Å². The van der Waals surface area contributed by atoms with Gasteiger partial charge in [0.25, 0.3) is 10.2 Å². The van der Waals surface area contributed by atoms with Gasteiger partial charge in [0.05, 0.1) is 56.7 Å². The van der Waals surface area contributed by atoms with Crippen molar-refractivity contribution >= 4 is 95.0 Å². The first kappa shape index (κ1) is 31.9. The van der Waals surface area contributed by atoms with Crippen molar-refractivity contribution in [2.24, 2.45) is 0 Å². The molecule has 0 fully saturated rings. The first-order chi connectivity index (χ1) is 18.6. The van der Waals surface area contributed by atoms with E-state index in [1.165, 1.54) is 26.0 Å². The van der Waals surface area contributed by atoms with Gasteiger partial charge in [0.1, 0.15) is 35.6 Å². The number of rotatable bonds is 12. The molecule has 0 spiro atoms. The normalized spacial score (nSPS) is 13.2. The summed E-state index contributed by atoms with van der Waals surface area (Å²) in [4.78, 5) is 23.6. The fourth-order valence-corrected chi connectivity index (χ4v) is 6.27. The van der Waals surface area contributed by atoms with E-state index in [2.05, 4.69) is 5.32 Å². The highest BCUT2D eigenvalue weighted by atomic mass is 35.5. The molecule has 2 N–H and O–H groups in total. The molecule has 1 atom stereocenters. The van der Waals surface area contributed by atoms with Crippen molar-refractivity contribution in [3.63, 3.8) is 0 Å². The van der Waals surface area contributed by atoms with Crippen LogP contribution in [-0.4, -0.2) is 22.5 Å². The number of benzene rings is 3. The third kappa shape index (κ3) is 6.17. The molecule has 0 aliphatic heterocycles. The smallest absolute Gasteiger partial charge is 0.329 e. The largest absolute Gasteiger partial charge is 0.480 e. The van der Waals surface area contributed by atoms with E-state index < -0.39 is 104 Å². The molecule has 1 amide bonds. The van der Waals surface area contributed by atoms with E-state index in [-0.39, 0.29) is 27.3 Å². The number of hydrogen-bond donors (Lipinski definition) is 2. The average molecular weight is 662 g/mol. The Kier molecular flexibility index (Phi) is 10.9. The molecule has 0 aliphatic carbocycles. The number of carbonyl (C=O) groups is 2. The molecule has 5 nitrogen and oxygen atoms in total. The van der Waals surface area contributed by atoms with E-state index >= 15 is 0 Å². The van der Waals surface area contributed by atoms with Crippen LogP contribution in [0.2, 0.25) is 5.02 Å². The molecule has 3 aromatic carbocycles.